The second kappa shape index (κ2) is 5.54. The zero-order chi connectivity index (χ0) is 12.3. The van der Waals surface area contributed by atoms with Gasteiger partial charge in [0.05, 0.1) is 5.69 Å². The number of rotatable bonds is 2. The Morgan fingerprint density at radius 1 is 0.824 bits per heavy atom. The number of hydrogen-bond donors (Lipinski definition) is 0. The van der Waals surface area contributed by atoms with Gasteiger partial charge in [-0.05, 0) is 35.9 Å². The zero-order valence-electron chi connectivity index (χ0n) is 8.70. The van der Waals surface area contributed by atoms with E-state index in [0.29, 0.717) is 20.8 Å². The van der Waals surface area contributed by atoms with Crippen molar-refractivity contribution in [3.8, 4) is 0 Å². The normalized spacial score (nSPS) is 11.0. The number of hydrogen-bond acceptors (Lipinski definition) is 1. The summed E-state index contributed by atoms with van der Waals surface area (Å²) in [7, 11) is 0. The van der Waals surface area contributed by atoms with Gasteiger partial charge in [0.2, 0.25) is 0 Å². The molecular formula is C13H8Cl3N. The van der Waals surface area contributed by atoms with Gasteiger partial charge in [-0.25, -0.2) is 0 Å². The molecule has 2 rings (SSSR count). The van der Waals surface area contributed by atoms with E-state index in [4.69, 9.17) is 34.8 Å². The summed E-state index contributed by atoms with van der Waals surface area (Å²) < 4.78 is 0. The molecule has 0 heterocycles. The maximum atomic E-state index is 5.88. The van der Waals surface area contributed by atoms with E-state index in [-0.39, 0.29) is 0 Å². The lowest BCUT2D eigenvalue weighted by molar-refractivity contribution is 1.52. The first kappa shape index (κ1) is 12.4. The van der Waals surface area contributed by atoms with Crippen molar-refractivity contribution in [3.05, 3.63) is 63.1 Å². The van der Waals surface area contributed by atoms with Crippen molar-refractivity contribution in [2.24, 2.45) is 4.99 Å². The second-order valence-electron chi connectivity index (χ2n) is 3.44. The third-order valence-corrected chi connectivity index (χ3v) is 2.73. The molecule has 86 valence electrons. The molecule has 0 N–H and O–H groups in total. The monoisotopic (exact) mass is 283 g/mol. The summed E-state index contributed by atoms with van der Waals surface area (Å²) in [5.41, 5.74) is 1.64. The second-order valence-corrected chi connectivity index (χ2v) is 4.75. The summed E-state index contributed by atoms with van der Waals surface area (Å²) in [6, 6.07) is 12.6. The van der Waals surface area contributed by atoms with E-state index in [1.165, 1.54) is 0 Å². The summed E-state index contributed by atoms with van der Waals surface area (Å²) in [6.07, 6.45) is 1.72. The minimum Gasteiger partial charge on any atom is -0.256 e. The average Bonchev–Trinajstić information content (AvgIpc) is 2.25. The molecule has 0 aliphatic rings. The van der Waals surface area contributed by atoms with Gasteiger partial charge in [0, 0.05) is 21.3 Å². The quantitative estimate of drug-likeness (QED) is 0.655. The van der Waals surface area contributed by atoms with Gasteiger partial charge in [0.15, 0.2) is 0 Å². The molecule has 0 fully saturated rings. The predicted octanol–water partition coefficient (Wildman–Crippen LogP) is 5.40. The fourth-order valence-corrected chi connectivity index (χ4v) is 2.06. The lowest BCUT2D eigenvalue weighted by Crippen LogP contribution is -1.79. The standard InChI is InChI=1S/C13H8Cl3N/c14-10-3-1-2-9(4-10)8-17-13-6-11(15)5-12(16)7-13/h1-8H. The van der Waals surface area contributed by atoms with E-state index in [2.05, 4.69) is 4.99 Å². The van der Waals surface area contributed by atoms with Crippen molar-refractivity contribution in [1.29, 1.82) is 0 Å². The Kier molecular flexibility index (Phi) is 4.06. The summed E-state index contributed by atoms with van der Waals surface area (Å²) in [4.78, 5) is 4.29. The van der Waals surface area contributed by atoms with E-state index in [1.807, 2.05) is 24.3 Å². The van der Waals surface area contributed by atoms with Gasteiger partial charge in [0.1, 0.15) is 0 Å². The first-order chi connectivity index (χ1) is 8.13. The predicted molar refractivity (Wildman–Crippen MR) is 75.2 cm³/mol. The molecule has 0 aliphatic heterocycles. The molecule has 2 aromatic rings. The van der Waals surface area contributed by atoms with Gasteiger partial charge in [-0.3, -0.25) is 4.99 Å². The topological polar surface area (TPSA) is 12.4 Å². The minimum atomic E-state index is 0.566. The molecule has 0 unspecified atom stereocenters. The zero-order valence-corrected chi connectivity index (χ0v) is 11.0. The number of benzene rings is 2. The Labute approximate surface area is 115 Å². The molecular weight excluding hydrogens is 277 g/mol. The number of halogens is 3. The Bertz CT molecular complexity index is 544. The van der Waals surface area contributed by atoms with E-state index >= 15 is 0 Å². The Hall–Kier alpha value is -1.02. The summed E-state index contributed by atoms with van der Waals surface area (Å²) in [5, 5.41) is 1.81. The molecule has 0 amide bonds. The van der Waals surface area contributed by atoms with Crippen LogP contribution in [0, 0.1) is 0 Å². The SMILES string of the molecule is Clc1cccc(C=Nc2cc(Cl)cc(Cl)c2)c1. The van der Waals surface area contributed by atoms with Gasteiger partial charge >= 0.3 is 0 Å². The van der Waals surface area contributed by atoms with Crippen LogP contribution in [0.15, 0.2) is 47.5 Å². The maximum Gasteiger partial charge on any atom is 0.0659 e. The fourth-order valence-electron chi connectivity index (χ4n) is 1.35. The third-order valence-electron chi connectivity index (χ3n) is 2.06. The van der Waals surface area contributed by atoms with Crippen molar-refractivity contribution in [2.45, 2.75) is 0 Å². The highest BCUT2D eigenvalue weighted by molar-refractivity contribution is 6.35. The van der Waals surface area contributed by atoms with Crippen LogP contribution >= 0.6 is 34.8 Å². The minimum absolute atomic E-state index is 0.566. The fraction of sp³-hybridized carbons (Fsp3) is 0. The van der Waals surface area contributed by atoms with Crippen LogP contribution in [0.25, 0.3) is 0 Å². The first-order valence-electron chi connectivity index (χ1n) is 4.89. The first-order valence-corrected chi connectivity index (χ1v) is 6.02. The highest BCUT2D eigenvalue weighted by Gasteiger charge is 1.96. The molecule has 0 aliphatic carbocycles. The number of nitrogens with zero attached hydrogens (tertiary/aromatic N) is 1. The molecule has 17 heavy (non-hydrogen) atoms. The lowest BCUT2D eigenvalue weighted by Gasteiger charge is -1.97. The van der Waals surface area contributed by atoms with Crippen molar-refractivity contribution in [1.82, 2.24) is 0 Å². The van der Waals surface area contributed by atoms with Crippen LogP contribution < -0.4 is 0 Å². The lowest BCUT2D eigenvalue weighted by atomic mass is 10.2. The highest BCUT2D eigenvalue weighted by Crippen LogP contribution is 2.24. The molecule has 0 radical (unpaired) electrons. The summed E-state index contributed by atoms with van der Waals surface area (Å²) in [5.74, 6) is 0. The van der Waals surface area contributed by atoms with Crippen molar-refractivity contribution >= 4 is 46.7 Å². The van der Waals surface area contributed by atoms with Crippen molar-refractivity contribution in [3.63, 3.8) is 0 Å². The molecule has 0 spiro atoms. The largest absolute Gasteiger partial charge is 0.256 e. The smallest absolute Gasteiger partial charge is 0.0659 e. The highest BCUT2D eigenvalue weighted by atomic mass is 35.5. The van der Waals surface area contributed by atoms with Crippen LogP contribution in [-0.2, 0) is 0 Å². The molecule has 1 nitrogen and oxygen atoms in total. The molecule has 0 aromatic heterocycles. The Balaban J connectivity index is 2.25. The molecule has 2 aromatic carbocycles. The maximum absolute atomic E-state index is 5.88. The van der Waals surface area contributed by atoms with E-state index < -0.39 is 0 Å². The van der Waals surface area contributed by atoms with E-state index in [1.54, 1.807) is 24.4 Å². The van der Waals surface area contributed by atoms with Crippen LogP contribution in [0.5, 0.6) is 0 Å². The van der Waals surface area contributed by atoms with E-state index in [9.17, 15) is 0 Å². The summed E-state index contributed by atoms with van der Waals surface area (Å²) >= 11 is 17.6. The molecule has 4 heteroatoms. The number of aliphatic imine (C=N–C) groups is 1. The molecule has 0 saturated heterocycles. The third kappa shape index (κ3) is 3.74. The Morgan fingerprint density at radius 3 is 2.18 bits per heavy atom. The molecule has 0 bridgehead atoms. The molecule has 0 saturated carbocycles. The van der Waals surface area contributed by atoms with Crippen LogP contribution in [0.4, 0.5) is 5.69 Å². The van der Waals surface area contributed by atoms with Gasteiger partial charge in [-0.15, -0.1) is 0 Å². The van der Waals surface area contributed by atoms with Crippen LogP contribution in [0.1, 0.15) is 5.56 Å². The Morgan fingerprint density at radius 2 is 1.53 bits per heavy atom. The van der Waals surface area contributed by atoms with Crippen LogP contribution in [0.2, 0.25) is 15.1 Å². The van der Waals surface area contributed by atoms with Gasteiger partial charge < -0.3 is 0 Å². The van der Waals surface area contributed by atoms with Crippen molar-refractivity contribution < 1.29 is 0 Å². The van der Waals surface area contributed by atoms with Gasteiger partial charge in [-0.1, -0.05) is 46.9 Å². The average molecular weight is 285 g/mol. The van der Waals surface area contributed by atoms with E-state index in [0.717, 1.165) is 5.56 Å². The van der Waals surface area contributed by atoms with Crippen LogP contribution in [0.3, 0.4) is 0 Å². The van der Waals surface area contributed by atoms with Crippen LogP contribution in [-0.4, -0.2) is 6.21 Å². The molecule has 0 atom stereocenters. The summed E-state index contributed by atoms with van der Waals surface area (Å²) in [6.45, 7) is 0. The van der Waals surface area contributed by atoms with Crippen molar-refractivity contribution in [2.75, 3.05) is 0 Å². The van der Waals surface area contributed by atoms with Gasteiger partial charge in [-0.2, -0.15) is 0 Å². The van der Waals surface area contributed by atoms with Gasteiger partial charge in [0.25, 0.3) is 0 Å².